The van der Waals surface area contributed by atoms with Gasteiger partial charge in [0.2, 0.25) is 5.91 Å². The molecule has 1 N–H and O–H groups in total. The van der Waals surface area contributed by atoms with Crippen molar-refractivity contribution in [2.75, 3.05) is 37.7 Å². The van der Waals surface area contributed by atoms with Crippen LogP contribution in [0, 0.1) is 5.92 Å². The predicted octanol–water partition coefficient (Wildman–Crippen LogP) is 0.807. The number of hydrogen-bond donors (Lipinski definition) is 1. The Morgan fingerprint density at radius 1 is 1.43 bits per heavy atom. The maximum atomic E-state index is 11.5. The number of thioether (sulfide) groups is 1. The molecule has 0 radical (unpaired) electrons. The van der Waals surface area contributed by atoms with Crippen LogP contribution in [-0.2, 0) is 4.79 Å². The average molecular weight is 216 g/mol. The van der Waals surface area contributed by atoms with Crippen LogP contribution in [0.5, 0.6) is 0 Å². The van der Waals surface area contributed by atoms with E-state index in [1.54, 1.807) is 0 Å². The molecular formula is C10H20N2OS. The fraction of sp³-hybridized carbons (Fsp3) is 0.900. The quantitative estimate of drug-likeness (QED) is 0.755. The van der Waals surface area contributed by atoms with Crippen molar-refractivity contribution in [3.8, 4) is 0 Å². The molecular weight excluding hydrogens is 196 g/mol. The monoisotopic (exact) mass is 216 g/mol. The van der Waals surface area contributed by atoms with E-state index in [4.69, 9.17) is 0 Å². The summed E-state index contributed by atoms with van der Waals surface area (Å²) in [5, 5.41) is 2.94. The van der Waals surface area contributed by atoms with E-state index in [1.807, 2.05) is 11.8 Å². The first-order valence-electron chi connectivity index (χ1n) is 5.25. The van der Waals surface area contributed by atoms with Crippen LogP contribution in [0.15, 0.2) is 0 Å². The lowest BCUT2D eigenvalue weighted by molar-refractivity contribution is -0.122. The third-order valence-corrected chi connectivity index (χ3v) is 3.12. The van der Waals surface area contributed by atoms with Gasteiger partial charge < -0.3 is 5.32 Å². The van der Waals surface area contributed by atoms with E-state index >= 15 is 0 Å². The van der Waals surface area contributed by atoms with Gasteiger partial charge in [0.05, 0.1) is 6.54 Å². The van der Waals surface area contributed by atoms with Crippen molar-refractivity contribution in [3.63, 3.8) is 0 Å². The molecule has 4 heteroatoms. The van der Waals surface area contributed by atoms with E-state index in [2.05, 4.69) is 24.1 Å². The molecule has 1 saturated heterocycles. The van der Waals surface area contributed by atoms with Gasteiger partial charge in [-0.25, -0.2) is 0 Å². The minimum absolute atomic E-state index is 0.172. The Bertz CT molecular complexity index is 179. The third-order valence-electron chi connectivity index (χ3n) is 2.18. The molecule has 82 valence electrons. The van der Waals surface area contributed by atoms with Crippen LogP contribution in [0.1, 0.15) is 13.8 Å². The summed E-state index contributed by atoms with van der Waals surface area (Å²) in [7, 11) is 0. The Kier molecular flexibility index (Phi) is 5.33. The highest BCUT2D eigenvalue weighted by Gasteiger charge is 2.13. The van der Waals surface area contributed by atoms with Crippen molar-refractivity contribution in [3.05, 3.63) is 0 Å². The summed E-state index contributed by atoms with van der Waals surface area (Å²) in [6, 6.07) is 0. The van der Waals surface area contributed by atoms with Gasteiger partial charge in [-0.3, -0.25) is 9.69 Å². The summed E-state index contributed by atoms with van der Waals surface area (Å²) in [6.45, 7) is 7.70. The number of carbonyl (C=O) groups excluding carboxylic acids is 1. The van der Waals surface area contributed by atoms with Crippen LogP contribution in [-0.4, -0.2) is 48.5 Å². The van der Waals surface area contributed by atoms with E-state index in [0.717, 1.165) is 31.1 Å². The van der Waals surface area contributed by atoms with Crippen LogP contribution in [0.3, 0.4) is 0 Å². The van der Waals surface area contributed by atoms with E-state index in [0.29, 0.717) is 12.5 Å². The largest absolute Gasteiger partial charge is 0.355 e. The van der Waals surface area contributed by atoms with Gasteiger partial charge in [0.15, 0.2) is 0 Å². The SMILES string of the molecule is CC(C)CNC(=O)CN1CCSCC1. The first kappa shape index (κ1) is 11.9. The molecule has 0 aromatic heterocycles. The normalized spacial score (nSPS) is 18.5. The molecule has 14 heavy (non-hydrogen) atoms. The fourth-order valence-corrected chi connectivity index (χ4v) is 2.31. The van der Waals surface area contributed by atoms with Gasteiger partial charge in [-0.05, 0) is 5.92 Å². The first-order valence-corrected chi connectivity index (χ1v) is 6.40. The molecule has 0 unspecified atom stereocenters. The van der Waals surface area contributed by atoms with E-state index in [9.17, 15) is 4.79 Å². The Balaban J connectivity index is 2.12. The Labute approximate surface area is 90.6 Å². The van der Waals surface area contributed by atoms with Crippen molar-refractivity contribution < 1.29 is 4.79 Å². The molecule has 3 nitrogen and oxygen atoms in total. The zero-order chi connectivity index (χ0) is 10.4. The zero-order valence-electron chi connectivity index (χ0n) is 9.08. The maximum Gasteiger partial charge on any atom is 0.234 e. The van der Waals surface area contributed by atoms with Crippen LogP contribution in [0.4, 0.5) is 0 Å². The minimum atomic E-state index is 0.172. The highest BCUT2D eigenvalue weighted by Crippen LogP contribution is 2.08. The summed E-state index contributed by atoms with van der Waals surface area (Å²) in [5.74, 6) is 3.04. The zero-order valence-corrected chi connectivity index (χ0v) is 9.90. The van der Waals surface area contributed by atoms with Gasteiger partial charge in [-0.2, -0.15) is 11.8 Å². The summed E-state index contributed by atoms with van der Waals surface area (Å²) in [4.78, 5) is 13.7. The lowest BCUT2D eigenvalue weighted by atomic mass is 10.2. The Morgan fingerprint density at radius 3 is 2.64 bits per heavy atom. The van der Waals surface area contributed by atoms with Crippen LogP contribution < -0.4 is 5.32 Å². The molecule has 0 saturated carbocycles. The molecule has 0 bridgehead atoms. The molecule has 1 fully saturated rings. The second-order valence-corrected chi connectivity index (χ2v) is 5.31. The second kappa shape index (κ2) is 6.30. The van der Waals surface area contributed by atoms with Gasteiger partial charge in [0.25, 0.3) is 0 Å². The second-order valence-electron chi connectivity index (χ2n) is 4.09. The van der Waals surface area contributed by atoms with Crippen LogP contribution in [0.25, 0.3) is 0 Å². The molecule has 1 aliphatic heterocycles. The highest BCUT2D eigenvalue weighted by atomic mass is 32.2. The molecule has 1 aliphatic rings. The average Bonchev–Trinajstić information content (AvgIpc) is 2.16. The molecule has 0 aliphatic carbocycles. The molecule has 0 aromatic rings. The molecule has 1 amide bonds. The molecule has 0 spiro atoms. The standard InChI is InChI=1S/C10H20N2OS/c1-9(2)7-11-10(13)8-12-3-5-14-6-4-12/h9H,3-8H2,1-2H3,(H,11,13). The topological polar surface area (TPSA) is 32.3 Å². The predicted molar refractivity (Wildman–Crippen MR) is 61.6 cm³/mol. The van der Waals surface area contributed by atoms with Crippen molar-refractivity contribution >= 4 is 17.7 Å². The van der Waals surface area contributed by atoms with Gasteiger partial charge in [-0.15, -0.1) is 0 Å². The van der Waals surface area contributed by atoms with Gasteiger partial charge >= 0.3 is 0 Å². The highest BCUT2D eigenvalue weighted by molar-refractivity contribution is 7.99. The fourth-order valence-electron chi connectivity index (χ4n) is 1.34. The number of carbonyl (C=O) groups is 1. The smallest absolute Gasteiger partial charge is 0.234 e. The first-order chi connectivity index (χ1) is 6.68. The third kappa shape index (κ3) is 4.86. The molecule has 0 atom stereocenters. The molecule has 1 rings (SSSR count). The van der Waals surface area contributed by atoms with E-state index in [-0.39, 0.29) is 5.91 Å². The minimum Gasteiger partial charge on any atom is -0.355 e. The van der Waals surface area contributed by atoms with Crippen molar-refractivity contribution in [1.29, 1.82) is 0 Å². The molecule has 1 heterocycles. The number of rotatable bonds is 4. The number of nitrogens with one attached hydrogen (secondary N) is 1. The summed E-state index contributed by atoms with van der Waals surface area (Å²) in [5.41, 5.74) is 0. The van der Waals surface area contributed by atoms with Gasteiger partial charge in [-0.1, -0.05) is 13.8 Å². The summed E-state index contributed by atoms with van der Waals surface area (Å²) >= 11 is 1.97. The van der Waals surface area contributed by atoms with Crippen LogP contribution in [0.2, 0.25) is 0 Å². The van der Waals surface area contributed by atoms with Gasteiger partial charge in [0.1, 0.15) is 0 Å². The lowest BCUT2D eigenvalue weighted by Crippen LogP contribution is -2.42. The Hall–Kier alpha value is -0.220. The van der Waals surface area contributed by atoms with Gasteiger partial charge in [0, 0.05) is 31.1 Å². The Morgan fingerprint density at radius 2 is 2.07 bits per heavy atom. The summed E-state index contributed by atoms with van der Waals surface area (Å²) < 4.78 is 0. The van der Waals surface area contributed by atoms with Crippen molar-refractivity contribution in [1.82, 2.24) is 10.2 Å². The van der Waals surface area contributed by atoms with Crippen molar-refractivity contribution in [2.45, 2.75) is 13.8 Å². The number of hydrogen-bond acceptors (Lipinski definition) is 3. The number of nitrogens with zero attached hydrogens (tertiary/aromatic N) is 1. The maximum absolute atomic E-state index is 11.5. The number of amides is 1. The lowest BCUT2D eigenvalue weighted by Gasteiger charge is -2.25. The van der Waals surface area contributed by atoms with E-state index < -0.39 is 0 Å². The van der Waals surface area contributed by atoms with E-state index in [1.165, 1.54) is 0 Å². The van der Waals surface area contributed by atoms with Crippen molar-refractivity contribution in [2.24, 2.45) is 5.92 Å². The summed E-state index contributed by atoms with van der Waals surface area (Å²) in [6.07, 6.45) is 0. The van der Waals surface area contributed by atoms with Crippen LogP contribution >= 0.6 is 11.8 Å². The molecule has 0 aromatic carbocycles.